The predicted octanol–water partition coefficient (Wildman–Crippen LogP) is 1.12. The Labute approximate surface area is 156 Å². The van der Waals surface area contributed by atoms with E-state index in [1.54, 1.807) is 43.1 Å². The Hall–Kier alpha value is -3.49. The van der Waals surface area contributed by atoms with E-state index in [1.165, 1.54) is 0 Å². The molecule has 0 aliphatic carbocycles. The number of anilines is 2. The van der Waals surface area contributed by atoms with E-state index in [0.29, 0.717) is 23.9 Å². The molecule has 138 valence electrons. The molecule has 27 heavy (non-hydrogen) atoms. The lowest BCUT2D eigenvalue weighted by atomic mass is 10.3. The standard InChI is InChI=1S/C18H19N7O2/c26-16(22-13-14-3-1-12-27-14)15-4-7-21-18(23-15)25-10-8-24(9-11-25)17-19-5-2-6-20-17/h1-7,12H,8-11,13H2,(H,22,26). The lowest BCUT2D eigenvalue weighted by Gasteiger charge is -2.34. The number of nitrogens with one attached hydrogen (secondary N) is 1. The highest BCUT2D eigenvalue weighted by atomic mass is 16.3. The minimum absolute atomic E-state index is 0.258. The summed E-state index contributed by atoms with van der Waals surface area (Å²) in [6.07, 6.45) is 6.66. The smallest absolute Gasteiger partial charge is 0.270 e. The summed E-state index contributed by atoms with van der Waals surface area (Å²) in [5.41, 5.74) is 0.334. The van der Waals surface area contributed by atoms with Crippen molar-refractivity contribution in [2.45, 2.75) is 6.54 Å². The Morgan fingerprint density at radius 3 is 2.37 bits per heavy atom. The van der Waals surface area contributed by atoms with Gasteiger partial charge in [0.15, 0.2) is 0 Å². The molecule has 3 aromatic rings. The van der Waals surface area contributed by atoms with E-state index in [9.17, 15) is 4.79 Å². The van der Waals surface area contributed by atoms with Crippen molar-refractivity contribution in [3.8, 4) is 0 Å². The zero-order valence-electron chi connectivity index (χ0n) is 14.7. The van der Waals surface area contributed by atoms with Gasteiger partial charge in [0.1, 0.15) is 11.5 Å². The number of aromatic nitrogens is 4. The van der Waals surface area contributed by atoms with Gasteiger partial charge in [-0.15, -0.1) is 0 Å². The minimum Gasteiger partial charge on any atom is -0.467 e. The molecule has 0 aromatic carbocycles. The van der Waals surface area contributed by atoms with Gasteiger partial charge in [0.05, 0.1) is 12.8 Å². The van der Waals surface area contributed by atoms with Crippen molar-refractivity contribution in [2.75, 3.05) is 36.0 Å². The van der Waals surface area contributed by atoms with E-state index in [2.05, 4.69) is 35.1 Å². The number of carbonyl (C=O) groups excluding carboxylic acids is 1. The fourth-order valence-electron chi connectivity index (χ4n) is 2.86. The molecule has 4 heterocycles. The van der Waals surface area contributed by atoms with Crippen molar-refractivity contribution < 1.29 is 9.21 Å². The Bertz CT molecular complexity index is 878. The molecule has 0 bridgehead atoms. The molecule has 1 amide bonds. The molecule has 0 spiro atoms. The number of piperazine rings is 1. The summed E-state index contributed by atoms with van der Waals surface area (Å²) in [6.45, 7) is 3.32. The van der Waals surface area contributed by atoms with Gasteiger partial charge in [-0.1, -0.05) is 0 Å². The summed E-state index contributed by atoms with van der Waals surface area (Å²) in [6, 6.07) is 7.00. The third-order valence-electron chi connectivity index (χ3n) is 4.28. The van der Waals surface area contributed by atoms with Crippen molar-refractivity contribution in [2.24, 2.45) is 0 Å². The maximum Gasteiger partial charge on any atom is 0.270 e. The molecule has 0 saturated carbocycles. The fourth-order valence-corrected chi connectivity index (χ4v) is 2.86. The largest absolute Gasteiger partial charge is 0.467 e. The van der Waals surface area contributed by atoms with Crippen LogP contribution in [0.15, 0.2) is 53.5 Å². The molecular weight excluding hydrogens is 346 g/mol. The number of hydrogen-bond donors (Lipinski definition) is 1. The van der Waals surface area contributed by atoms with E-state index in [1.807, 2.05) is 6.07 Å². The molecule has 3 aromatic heterocycles. The summed E-state index contributed by atoms with van der Waals surface area (Å²) in [7, 11) is 0. The Morgan fingerprint density at radius 2 is 1.67 bits per heavy atom. The second-order valence-electron chi connectivity index (χ2n) is 6.03. The molecule has 0 radical (unpaired) electrons. The highest BCUT2D eigenvalue weighted by Crippen LogP contribution is 2.14. The average molecular weight is 365 g/mol. The number of nitrogens with zero attached hydrogens (tertiary/aromatic N) is 6. The highest BCUT2D eigenvalue weighted by molar-refractivity contribution is 5.92. The van der Waals surface area contributed by atoms with Gasteiger partial charge in [0, 0.05) is 44.8 Å². The van der Waals surface area contributed by atoms with Crippen molar-refractivity contribution in [3.05, 3.63) is 60.6 Å². The van der Waals surface area contributed by atoms with E-state index in [4.69, 9.17) is 4.42 Å². The van der Waals surface area contributed by atoms with Crippen LogP contribution in [0.5, 0.6) is 0 Å². The highest BCUT2D eigenvalue weighted by Gasteiger charge is 2.21. The fraction of sp³-hybridized carbons (Fsp3) is 0.278. The Kier molecular flexibility index (Phi) is 4.91. The molecule has 1 aliphatic heterocycles. The summed E-state index contributed by atoms with van der Waals surface area (Å²) < 4.78 is 5.21. The predicted molar refractivity (Wildman–Crippen MR) is 98.4 cm³/mol. The van der Waals surface area contributed by atoms with Gasteiger partial charge in [-0.2, -0.15) is 0 Å². The first-order valence-electron chi connectivity index (χ1n) is 8.70. The van der Waals surface area contributed by atoms with Gasteiger partial charge in [-0.05, 0) is 24.3 Å². The van der Waals surface area contributed by atoms with Gasteiger partial charge >= 0.3 is 0 Å². The van der Waals surface area contributed by atoms with Crippen LogP contribution in [0.1, 0.15) is 16.2 Å². The van der Waals surface area contributed by atoms with E-state index < -0.39 is 0 Å². The third-order valence-corrected chi connectivity index (χ3v) is 4.28. The van der Waals surface area contributed by atoms with Crippen LogP contribution in [0, 0.1) is 0 Å². The zero-order valence-corrected chi connectivity index (χ0v) is 14.7. The van der Waals surface area contributed by atoms with Crippen molar-refractivity contribution >= 4 is 17.8 Å². The molecule has 0 unspecified atom stereocenters. The number of hydrogen-bond acceptors (Lipinski definition) is 8. The van der Waals surface area contributed by atoms with Crippen LogP contribution in [-0.2, 0) is 6.54 Å². The summed E-state index contributed by atoms with van der Waals surface area (Å²) in [5.74, 6) is 1.71. The molecule has 4 rings (SSSR count). The first-order valence-corrected chi connectivity index (χ1v) is 8.70. The lowest BCUT2D eigenvalue weighted by Crippen LogP contribution is -2.47. The minimum atomic E-state index is -0.258. The molecule has 1 saturated heterocycles. The van der Waals surface area contributed by atoms with E-state index in [-0.39, 0.29) is 5.91 Å². The van der Waals surface area contributed by atoms with Gasteiger partial charge in [-0.3, -0.25) is 4.79 Å². The first kappa shape index (κ1) is 17.0. The topological polar surface area (TPSA) is 100 Å². The quantitative estimate of drug-likeness (QED) is 0.718. The maximum atomic E-state index is 12.3. The van der Waals surface area contributed by atoms with Crippen molar-refractivity contribution in [3.63, 3.8) is 0 Å². The van der Waals surface area contributed by atoms with Crippen LogP contribution in [-0.4, -0.2) is 52.0 Å². The summed E-state index contributed by atoms with van der Waals surface area (Å²) in [5, 5.41) is 2.79. The SMILES string of the molecule is O=C(NCc1ccco1)c1ccnc(N2CCN(c3ncccn3)CC2)n1. The number of carbonyl (C=O) groups is 1. The monoisotopic (exact) mass is 365 g/mol. The summed E-state index contributed by atoms with van der Waals surface area (Å²) in [4.78, 5) is 33.8. The van der Waals surface area contributed by atoms with Gasteiger partial charge in [0.25, 0.3) is 5.91 Å². The zero-order chi connectivity index (χ0) is 18.5. The number of rotatable bonds is 5. The van der Waals surface area contributed by atoms with Crippen LogP contribution in [0.4, 0.5) is 11.9 Å². The van der Waals surface area contributed by atoms with Gasteiger partial charge in [-0.25, -0.2) is 19.9 Å². The third kappa shape index (κ3) is 4.02. The summed E-state index contributed by atoms with van der Waals surface area (Å²) >= 11 is 0. The van der Waals surface area contributed by atoms with Gasteiger partial charge < -0.3 is 19.5 Å². The second-order valence-corrected chi connectivity index (χ2v) is 6.03. The molecule has 1 N–H and O–H groups in total. The van der Waals surface area contributed by atoms with Gasteiger partial charge in [0.2, 0.25) is 11.9 Å². The first-order chi connectivity index (χ1) is 13.3. The maximum absolute atomic E-state index is 12.3. The number of furan rings is 1. The van der Waals surface area contributed by atoms with Crippen LogP contribution < -0.4 is 15.1 Å². The lowest BCUT2D eigenvalue weighted by molar-refractivity contribution is 0.0943. The van der Waals surface area contributed by atoms with Crippen LogP contribution in [0.3, 0.4) is 0 Å². The molecule has 9 heteroatoms. The second kappa shape index (κ2) is 7.81. The van der Waals surface area contributed by atoms with Crippen molar-refractivity contribution in [1.29, 1.82) is 0 Å². The molecule has 1 fully saturated rings. The molecule has 1 aliphatic rings. The average Bonchev–Trinajstić information content (AvgIpc) is 3.27. The number of amides is 1. The van der Waals surface area contributed by atoms with Crippen LogP contribution >= 0.6 is 0 Å². The van der Waals surface area contributed by atoms with Crippen molar-refractivity contribution in [1.82, 2.24) is 25.3 Å². The van der Waals surface area contributed by atoms with E-state index >= 15 is 0 Å². The van der Waals surface area contributed by atoms with Crippen LogP contribution in [0.2, 0.25) is 0 Å². The Balaban J connectivity index is 1.37. The molecule has 0 atom stereocenters. The Morgan fingerprint density at radius 1 is 0.963 bits per heavy atom. The normalized spacial score (nSPS) is 14.2. The van der Waals surface area contributed by atoms with Crippen LogP contribution in [0.25, 0.3) is 0 Å². The molecule has 9 nitrogen and oxygen atoms in total. The molecular formula is C18H19N7O2. The van der Waals surface area contributed by atoms with E-state index in [0.717, 1.165) is 32.1 Å².